The number of halogens is 3. The van der Waals surface area contributed by atoms with Gasteiger partial charge in [-0.1, -0.05) is 48.5 Å². The average molecular weight is 483 g/mol. The summed E-state index contributed by atoms with van der Waals surface area (Å²) in [7, 11) is 1.54. The predicted octanol–water partition coefficient (Wildman–Crippen LogP) is 5.63. The van der Waals surface area contributed by atoms with Crippen molar-refractivity contribution in [1.29, 1.82) is 0 Å². The molecule has 0 spiro atoms. The first-order valence-corrected chi connectivity index (χ1v) is 11.1. The van der Waals surface area contributed by atoms with E-state index < -0.39 is 17.7 Å². The minimum Gasteiger partial charge on any atom is -0.496 e. The van der Waals surface area contributed by atoms with Gasteiger partial charge in [-0.05, 0) is 34.9 Å². The summed E-state index contributed by atoms with van der Waals surface area (Å²) >= 11 is 0. The summed E-state index contributed by atoms with van der Waals surface area (Å²) in [5.41, 5.74) is 3.16. The molecule has 0 saturated heterocycles. The highest BCUT2D eigenvalue weighted by molar-refractivity contribution is 5.92. The van der Waals surface area contributed by atoms with Crippen LogP contribution in [0.1, 0.15) is 27.8 Å². The molecule has 3 aromatic carbocycles. The second-order valence-corrected chi connectivity index (χ2v) is 8.28. The van der Waals surface area contributed by atoms with Crippen molar-refractivity contribution in [1.82, 2.24) is 9.88 Å². The molecule has 0 radical (unpaired) electrons. The van der Waals surface area contributed by atoms with E-state index in [-0.39, 0.29) is 13.0 Å². The van der Waals surface area contributed by atoms with Crippen LogP contribution in [0.15, 0.2) is 72.9 Å². The van der Waals surface area contributed by atoms with E-state index in [0.717, 1.165) is 34.2 Å². The highest BCUT2D eigenvalue weighted by Gasteiger charge is 2.30. The molecule has 4 rings (SSSR count). The Morgan fingerprint density at radius 2 is 1.74 bits per heavy atom. The lowest BCUT2D eigenvalue weighted by molar-refractivity contribution is -0.138. The van der Waals surface area contributed by atoms with Gasteiger partial charge in [0.2, 0.25) is 0 Å². The van der Waals surface area contributed by atoms with Gasteiger partial charge in [-0.15, -0.1) is 0 Å². The minimum atomic E-state index is -4.40. The van der Waals surface area contributed by atoms with Crippen LogP contribution in [-0.4, -0.2) is 22.8 Å². The summed E-state index contributed by atoms with van der Waals surface area (Å²) in [6.45, 7) is 1.07. The molecule has 0 unspecified atom stereocenters. The lowest BCUT2D eigenvalue weighted by Crippen LogP contribution is -2.15. The summed E-state index contributed by atoms with van der Waals surface area (Å²) in [5, 5.41) is 13.5. The molecule has 1 heterocycles. The number of carboxylic acids is 1. The number of carbonyl (C=O) groups is 1. The Bertz CT molecular complexity index is 1330. The number of alkyl halides is 3. The van der Waals surface area contributed by atoms with Crippen molar-refractivity contribution < 1.29 is 27.8 Å². The third-order valence-corrected chi connectivity index (χ3v) is 5.83. The number of ether oxygens (including phenoxy) is 1. The second-order valence-electron chi connectivity index (χ2n) is 8.28. The first kappa shape index (κ1) is 24.3. The van der Waals surface area contributed by atoms with Crippen LogP contribution in [0.25, 0.3) is 10.9 Å². The van der Waals surface area contributed by atoms with E-state index >= 15 is 0 Å². The van der Waals surface area contributed by atoms with Crippen LogP contribution in [0.3, 0.4) is 0 Å². The van der Waals surface area contributed by atoms with E-state index in [4.69, 9.17) is 4.74 Å². The Morgan fingerprint density at radius 1 is 1.00 bits per heavy atom. The number of rotatable bonds is 9. The molecule has 0 bridgehead atoms. The number of hydrogen-bond acceptors (Lipinski definition) is 3. The maximum absolute atomic E-state index is 13.0. The topological polar surface area (TPSA) is 63.5 Å². The standard InChI is InChI=1S/C27H25F3N2O3/c1-35-24-11-10-23-26(20(13-25(33)34)17-32(23)16-18-6-3-2-4-7-18)22(24)15-31-14-19-8-5-9-21(12-19)27(28,29)30/h2-12,17,31H,13-16H2,1H3,(H,33,34). The molecular formula is C27H25F3N2O3. The van der Waals surface area contributed by atoms with Crippen molar-refractivity contribution in [2.45, 2.75) is 32.2 Å². The van der Waals surface area contributed by atoms with Crippen LogP contribution in [-0.2, 0) is 37.0 Å². The van der Waals surface area contributed by atoms with E-state index in [0.29, 0.717) is 30.0 Å². The second kappa shape index (κ2) is 10.2. The van der Waals surface area contributed by atoms with Crippen LogP contribution in [0.5, 0.6) is 5.75 Å². The molecule has 2 N–H and O–H groups in total. The van der Waals surface area contributed by atoms with Gasteiger partial charge in [-0.2, -0.15) is 13.2 Å². The van der Waals surface area contributed by atoms with E-state index in [1.54, 1.807) is 6.07 Å². The molecule has 182 valence electrons. The number of aromatic nitrogens is 1. The predicted molar refractivity (Wildman–Crippen MR) is 127 cm³/mol. The zero-order valence-corrected chi connectivity index (χ0v) is 19.1. The van der Waals surface area contributed by atoms with Crippen molar-refractivity contribution in [3.8, 4) is 5.75 Å². The van der Waals surface area contributed by atoms with Crippen LogP contribution in [0, 0.1) is 0 Å². The lowest BCUT2D eigenvalue weighted by Gasteiger charge is -2.14. The zero-order chi connectivity index (χ0) is 25.0. The molecule has 0 fully saturated rings. The molecule has 1 aromatic heterocycles. The normalized spacial score (nSPS) is 11.7. The maximum Gasteiger partial charge on any atom is 0.416 e. The van der Waals surface area contributed by atoms with Crippen molar-refractivity contribution in [2.24, 2.45) is 0 Å². The van der Waals surface area contributed by atoms with E-state index in [1.165, 1.54) is 13.2 Å². The molecule has 0 saturated carbocycles. The molecule has 5 nitrogen and oxygen atoms in total. The van der Waals surface area contributed by atoms with Gasteiger partial charge in [0.05, 0.1) is 19.1 Å². The number of fused-ring (bicyclic) bond motifs is 1. The molecule has 0 atom stereocenters. The molecule has 0 amide bonds. The van der Waals surface area contributed by atoms with Crippen molar-refractivity contribution in [3.05, 3.63) is 101 Å². The summed E-state index contributed by atoms with van der Waals surface area (Å²) in [4.78, 5) is 11.6. The first-order valence-electron chi connectivity index (χ1n) is 11.1. The summed E-state index contributed by atoms with van der Waals surface area (Å²) < 4.78 is 46.7. The SMILES string of the molecule is COc1ccc2c(c(CC(=O)O)cn2Cc2ccccc2)c1CNCc1cccc(C(F)(F)F)c1. The molecule has 0 aliphatic rings. The van der Waals surface area contributed by atoms with Gasteiger partial charge < -0.3 is 19.7 Å². The molecule has 0 aliphatic heterocycles. The molecular weight excluding hydrogens is 457 g/mol. The van der Waals surface area contributed by atoms with Crippen LogP contribution < -0.4 is 10.1 Å². The summed E-state index contributed by atoms with van der Waals surface area (Å²) in [5.74, 6) is -0.368. The smallest absolute Gasteiger partial charge is 0.416 e. The Hall–Kier alpha value is -3.78. The first-order chi connectivity index (χ1) is 16.8. The minimum absolute atomic E-state index is 0.161. The van der Waals surface area contributed by atoms with Crippen molar-refractivity contribution >= 4 is 16.9 Å². The molecule has 35 heavy (non-hydrogen) atoms. The molecule has 8 heteroatoms. The highest BCUT2D eigenvalue weighted by atomic mass is 19.4. The van der Waals surface area contributed by atoms with Gasteiger partial charge in [0.15, 0.2) is 0 Å². The largest absolute Gasteiger partial charge is 0.496 e. The lowest BCUT2D eigenvalue weighted by atomic mass is 10.0. The highest BCUT2D eigenvalue weighted by Crippen LogP contribution is 2.33. The fraction of sp³-hybridized carbons (Fsp3) is 0.222. The zero-order valence-electron chi connectivity index (χ0n) is 19.1. The number of benzene rings is 3. The van der Waals surface area contributed by atoms with Gasteiger partial charge in [-0.3, -0.25) is 4.79 Å². The number of nitrogens with one attached hydrogen (secondary N) is 1. The van der Waals surface area contributed by atoms with Gasteiger partial charge >= 0.3 is 12.1 Å². The third-order valence-electron chi connectivity index (χ3n) is 5.83. The van der Waals surface area contributed by atoms with E-state index in [9.17, 15) is 23.1 Å². The third kappa shape index (κ3) is 5.66. The Balaban J connectivity index is 1.67. The van der Waals surface area contributed by atoms with E-state index in [1.807, 2.05) is 53.2 Å². The summed E-state index contributed by atoms with van der Waals surface area (Å²) in [6, 6.07) is 18.8. The Morgan fingerprint density at radius 3 is 2.43 bits per heavy atom. The number of nitrogens with zero attached hydrogens (tertiary/aromatic N) is 1. The van der Waals surface area contributed by atoms with Gasteiger partial charge in [-0.25, -0.2) is 0 Å². The Kier molecular flexibility index (Phi) is 7.12. The van der Waals surface area contributed by atoms with E-state index in [2.05, 4.69) is 5.32 Å². The average Bonchev–Trinajstić information content (AvgIpc) is 3.16. The number of hydrogen-bond donors (Lipinski definition) is 2. The quantitative estimate of drug-likeness (QED) is 0.324. The van der Waals surface area contributed by atoms with Crippen LogP contribution >= 0.6 is 0 Å². The van der Waals surface area contributed by atoms with Crippen LogP contribution in [0.2, 0.25) is 0 Å². The monoisotopic (exact) mass is 482 g/mol. The number of aliphatic carboxylic acids is 1. The summed E-state index contributed by atoms with van der Waals surface area (Å²) in [6.07, 6.45) is -2.72. The van der Waals surface area contributed by atoms with Crippen molar-refractivity contribution in [3.63, 3.8) is 0 Å². The fourth-order valence-electron chi connectivity index (χ4n) is 4.30. The molecule has 4 aromatic rings. The van der Waals surface area contributed by atoms with Gasteiger partial charge in [0.1, 0.15) is 5.75 Å². The van der Waals surface area contributed by atoms with Crippen LogP contribution in [0.4, 0.5) is 13.2 Å². The fourth-order valence-corrected chi connectivity index (χ4v) is 4.30. The maximum atomic E-state index is 13.0. The van der Waals surface area contributed by atoms with Gasteiger partial charge in [0, 0.05) is 42.3 Å². The number of carboxylic acid groups (broad SMARTS) is 1. The Labute approximate surface area is 200 Å². The van der Waals surface area contributed by atoms with Gasteiger partial charge in [0.25, 0.3) is 0 Å². The number of methoxy groups -OCH3 is 1. The van der Waals surface area contributed by atoms with Crippen molar-refractivity contribution in [2.75, 3.05) is 7.11 Å². The molecule has 0 aliphatic carbocycles.